The summed E-state index contributed by atoms with van der Waals surface area (Å²) in [6, 6.07) is 5.62. The molecule has 2 aromatic heterocycles. The first-order valence-electron chi connectivity index (χ1n) is 9.79. The van der Waals surface area contributed by atoms with Gasteiger partial charge in [-0.15, -0.1) is 22.7 Å². The molecule has 0 radical (unpaired) electrons. The number of nitrogens with zero attached hydrogens (tertiary/aromatic N) is 2. The van der Waals surface area contributed by atoms with Gasteiger partial charge >= 0.3 is 0 Å². The second-order valence-corrected chi connectivity index (χ2v) is 12.0. The summed E-state index contributed by atoms with van der Waals surface area (Å²) in [6.45, 7) is 2.88. The van der Waals surface area contributed by atoms with Crippen LogP contribution in [0.5, 0.6) is 0 Å². The van der Waals surface area contributed by atoms with E-state index in [0.717, 1.165) is 24.8 Å². The van der Waals surface area contributed by atoms with Crippen molar-refractivity contribution in [2.24, 2.45) is 11.8 Å². The van der Waals surface area contributed by atoms with Crippen LogP contribution in [0.2, 0.25) is 0 Å². The number of hydrogen-bond acceptors (Lipinski definition) is 6. The highest BCUT2D eigenvalue weighted by Gasteiger charge is 2.33. The van der Waals surface area contributed by atoms with E-state index in [1.807, 2.05) is 0 Å². The summed E-state index contributed by atoms with van der Waals surface area (Å²) < 4.78 is 27.1. The van der Waals surface area contributed by atoms with Crippen molar-refractivity contribution in [3.8, 4) is 6.07 Å². The highest BCUT2D eigenvalue weighted by atomic mass is 32.2. The molecule has 0 saturated carbocycles. The predicted octanol–water partition coefficient (Wildman–Crippen LogP) is 3.85. The Bertz CT molecular complexity index is 1040. The van der Waals surface area contributed by atoms with E-state index in [1.165, 1.54) is 31.9 Å². The SMILES string of the molecule is CC1CCc2c(sc(NC(=O)C3CCN(S(=O)(=O)c4cccs4)CC3)c2C#N)C1. The molecule has 0 spiro atoms. The third kappa shape index (κ3) is 3.99. The van der Waals surface area contributed by atoms with Crippen molar-refractivity contribution in [3.05, 3.63) is 33.5 Å². The zero-order chi connectivity index (χ0) is 20.6. The maximum Gasteiger partial charge on any atom is 0.252 e. The van der Waals surface area contributed by atoms with Crippen LogP contribution in [0.3, 0.4) is 0 Å². The van der Waals surface area contributed by atoms with Gasteiger partial charge in [0.1, 0.15) is 15.3 Å². The number of nitriles is 1. The highest BCUT2D eigenvalue weighted by molar-refractivity contribution is 7.91. The Labute approximate surface area is 179 Å². The Hall–Kier alpha value is -1.73. The van der Waals surface area contributed by atoms with Gasteiger partial charge in [0.25, 0.3) is 10.0 Å². The first-order chi connectivity index (χ1) is 13.9. The molecule has 1 aliphatic heterocycles. The minimum absolute atomic E-state index is 0.110. The highest BCUT2D eigenvalue weighted by Crippen LogP contribution is 2.39. The van der Waals surface area contributed by atoms with Crippen molar-refractivity contribution in [2.75, 3.05) is 18.4 Å². The number of carbonyl (C=O) groups excluding carboxylic acids is 1. The number of fused-ring (bicyclic) bond motifs is 1. The molecule has 1 amide bonds. The van der Waals surface area contributed by atoms with Crippen LogP contribution in [0.4, 0.5) is 5.00 Å². The summed E-state index contributed by atoms with van der Waals surface area (Å²) >= 11 is 2.74. The number of hydrogen-bond donors (Lipinski definition) is 1. The van der Waals surface area contributed by atoms with Crippen molar-refractivity contribution < 1.29 is 13.2 Å². The minimum Gasteiger partial charge on any atom is -0.316 e. The topological polar surface area (TPSA) is 90.3 Å². The molecule has 4 rings (SSSR count). The molecule has 1 fully saturated rings. The van der Waals surface area contributed by atoms with E-state index in [-0.39, 0.29) is 11.8 Å². The average molecular weight is 450 g/mol. The Kier molecular flexibility index (Phi) is 5.80. The smallest absolute Gasteiger partial charge is 0.252 e. The number of piperidine rings is 1. The molecule has 1 aliphatic carbocycles. The molecule has 2 aromatic rings. The molecule has 9 heteroatoms. The lowest BCUT2D eigenvalue weighted by Crippen LogP contribution is -2.41. The van der Waals surface area contributed by atoms with Crippen molar-refractivity contribution in [3.63, 3.8) is 0 Å². The van der Waals surface area contributed by atoms with Crippen LogP contribution in [-0.4, -0.2) is 31.7 Å². The number of nitrogens with one attached hydrogen (secondary N) is 1. The second kappa shape index (κ2) is 8.19. The summed E-state index contributed by atoms with van der Waals surface area (Å²) in [6.07, 6.45) is 3.90. The predicted molar refractivity (Wildman–Crippen MR) is 115 cm³/mol. The van der Waals surface area contributed by atoms with Crippen LogP contribution < -0.4 is 5.32 Å². The van der Waals surface area contributed by atoms with E-state index >= 15 is 0 Å². The number of thiophene rings is 2. The molecule has 6 nitrogen and oxygen atoms in total. The standard InChI is InChI=1S/C20H23N3O3S3/c1-13-4-5-15-16(12-21)20(28-17(15)11-13)22-19(24)14-6-8-23(9-7-14)29(25,26)18-3-2-10-27-18/h2-3,10,13-14H,4-9,11H2,1H3,(H,22,24). The van der Waals surface area contributed by atoms with Gasteiger partial charge in [-0.2, -0.15) is 9.57 Å². The van der Waals surface area contributed by atoms with Gasteiger partial charge in [-0.25, -0.2) is 8.42 Å². The van der Waals surface area contributed by atoms with Gasteiger partial charge in [0.15, 0.2) is 0 Å². The van der Waals surface area contributed by atoms with E-state index in [2.05, 4.69) is 18.3 Å². The van der Waals surface area contributed by atoms with Crippen molar-refractivity contribution in [1.29, 1.82) is 5.26 Å². The lowest BCUT2D eigenvalue weighted by atomic mass is 9.88. The minimum atomic E-state index is -3.47. The van der Waals surface area contributed by atoms with Gasteiger partial charge in [0.2, 0.25) is 5.91 Å². The summed E-state index contributed by atoms with van der Waals surface area (Å²) in [7, 11) is -3.47. The Morgan fingerprint density at radius 1 is 1.31 bits per heavy atom. The third-order valence-electron chi connectivity index (χ3n) is 5.77. The lowest BCUT2D eigenvalue weighted by Gasteiger charge is -2.30. The fraction of sp³-hybridized carbons (Fsp3) is 0.500. The maximum absolute atomic E-state index is 12.8. The molecule has 3 heterocycles. The summed E-state index contributed by atoms with van der Waals surface area (Å²) in [5, 5.41) is 15.0. The summed E-state index contributed by atoms with van der Waals surface area (Å²) in [5.74, 6) is 0.251. The van der Waals surface area contributed by atoms with E-state index < -0.39 is 10.0 Å². The molecule has 1 saturated heterocycles. The van der Waals surface area contributed by atoms with Crippen molar-refractivity contribution in [1.82, 2.24) is 4.31 Å². The average Bonchev–Trinajstić information content (AvgIpc) is 3.35. The number of sulfonamides is 1. The Morgan fingerprint density at radius 2 is 2.07 bits per heavy atom. The largest absolute Gasteiger partial charge is 0.316 e. The molecule has 29 heavy (non-hydrogen) atoms. The van der Waals surface area contributed by atoms with Crippen LogP contribution >= 0.6 is 22.7 Å². The number of anilines is 1. The molecule has 1 N–H and O–H groups in total. The molecule has 0 aromatic carbocycles. The fourth-order valence-corrected chi connectivity index (χ4v) is 8.05. The van der Waals surface area contributed by atoms with Crippen LogP contribution in [0.25, 0.3) is 0 Å². The van der Waals surface area contributed by atoms with Gasteiger partial charge in [-0.3, -0.25) is 4.79 Å². The molecule has 2 aliphatic rings. The fourth-order valence-electron chi connectivity index (χ4n) is 4.07. The normalized spacial score (nSPS) is 20.8. The van der Waals surface area contributed by atoms with E-state index in [1.54, 1.807) is 17.5 Å². The third-order valence-corrected chi connectivity index (χ3v) is 10.2. The van der Waals surface area contributed by atoms with Crippen LogP contribution in [0.1, 0.15) is 42.2 Å². The Morgan fingerprint density at radius 3 is 2.72 bits per heavy atom. The lowest BCUT2D eigenvalue weighted by molar-refractivity contribution is -0.120. The number of rotatable bonds is 4. The Balaban J connectivity index is 1.42. The number of carbonyl (C=O) groups is 1. The van der Waals surface area contributed by atoms with Crippen LogP contribution in [0.15, 0.2) is 21.7 Å². The summed E-state index contributed by atoms with van der Waals surface area (Å²) in [5.41, 5.74) is 1.71. The quantitative estimate of drug-likeness (QED) is 0.768. The van der Waals surface area contributed by atoms with Crippen LogP contribution in [0, 0.1) is 23.2 Å². The first-order valence-corrected chi connectivity index (χ1v) is 12.9. The van der Waals surface area contributed by atoms with Gasteiger partial charge in [-0.1, -0.05) is 13.0 Å². The number of amides is 1. The van der Waals surface area contributed by atoms with E-state index in [9.17, 15) is 18.5 Å². The zero-order valence-corrected chi connectivity index (χ0v) is 18.6. The molecule has 1 atom stereocenters. The monoisotopic (exact) mass is 449 g/mol. The molecule has 0 bridgehead atoms. The first kappa shape index (κ1) is 20.5. The van der Waals surface area contributed by atoms with E-state index in [0.29, 0.717) is 46.6 Å². The maximum atomic E-state index is 12.8. The summed E-state index contributed by atoms with van der Waals surface area (Å²) in [4.78, 5) is 14.0. The van der Waals surface area contributed by atoms with Gasteiger partial charge < -0.3 is 5.32 Å². The van der Waals surface area contributed by atoms with Gasteiger partial charge in [0.05, 0.1) is 5.56 Å². The zero-order valence-electron chi connectivity index (χ0n) is 16.2. The van der Waals surface area contributed by atoms with Crippen molar-refractivity contribution in [2.45, 2.75) is 43.2 Å². The van der Waals surface area contributed by atoms with E-state index in [4.69, 9.17) is 0 Å². The van der Waals surface area contributed by atoms with Crippen molar-refractivity contribution >= 4 is 43.6 Å². The molecular formula is C20H23N3O3S3. The molecular weight excluding hydrogens is 426 g/mol. The molecule has 154 valence electrons. The van der Waals surface area contributed by atoms with Gasteiger partial charge in [-0.05, 0) is 55.0 Å². The van der Waals surface area contributed by atoms with Crippen LogP contribution in [-0.2, 0) is 27.7 Å². The van der Waals surface area contributed by atoms with Gasteiger partial charge in [0, 0.05) is 23.9 Å². The molecule has 1 unspecified atom stereocenters. The second-order valence-electron chi connectivity index (χ2n) is 7.77.